The summed E-state index contributed by atoms with van der Waals surface area (Å²) in [6, 6.07) is 19.8. The van der Waals surface area contributed by atoms with Gasteiger partial charge in [0.05, 0.1) is 13.2 Å². The van der Waals surface area contributed by atoms with Crippen molar-refractivity contribution >= 4 is 40.0 Å². The molecule has 0 aliphatic carbocycles. The topological polar surface area (TPSA) is 74.9 Å². The molecule has 38 heavy (non-hydrogen) atoms. The third-order valence-corrected chi connectivity index (χ3v) is 6.96. The van der Waals surface area contributed by atoms with E-state index in [2.05, 4.69) is 9.88 Å². The molecule has 0 bridgehead atoms. The monoisotopic (exact) mass is 551 g/mol. The Labute approximate surface area is 230 Å². The average molecular weight is 552 g/mol. The molecule has 1 fully saturated rings. The first-order chi connectivity index (χ1) is 18.5. The minimum Gasteiger partial charge on any atom is -0.473 e. The second kappa shape index (κ2) is 12.0. The Morgan fingerprint density at radius 1 is 0.947 bits per heavy atom. The van der Waals surface area contributed by atoms with E-state index in [1.165, 1.54) is 11.1 Å². The number of aromatic amines is 1. The Bertz CT molecular complexity index is 1470. The molecule has 1 aliphatic heterocycles. The number of nitrogens with one attached hydrogen (secondary N) is 1. The summed E-state index contributed by atoms with van der Waals surface area (Å²) in [7, 11) is 0. The van der Waals surface area contributed by atoms with Gasteiger partial charge in [0.25, 0.3) is 5.91 Å². The van der Waals surface area contributed by atoms with Crippen LogP contribution in [-0.4, -0.2) is 53.7 Å². The number of carbonyl (C=O) groups excluding carboxylic acids is 1. The van der Waals surface area contributed by atoms with Gasteiger partial charge < -0.3 is 19.4 Å². The fraction of sp³-hybridized carbons (Fsp3) is 0.241. The van der Waals surface area contributed by atoms with Gasteiger partial charge in [-0.3, -0.25) is 14.5 Å². The number of pyridine rings is 1. The molecule has 1 aromatic heterocycles. The Kier molecular flexibility index (Phi) is 8.29. The number of benzene rings is 3. The number of fused-ring (bicyclic) bond motifs is 1. The number of morpholine rings is 1. The zero-order chi connectivity index (χ0) is 26.5. The summed E-state index contributed by atoms with van der Waals surface area (Å²) >= 11 is 12.0. The van der Waals surface area contributed by atoms with Gasteiger partial charge in [0.1, 0.15) is 11.3 Å². The molecule has 2 heterocycles. The molecule has 1 saturated heterocycles. The summed E-state index contributed by atoms with van der Waals surface area (Å²) < 4.78 is 11.3. The predicted molar refractivity (Wildman–Crippen MR) is 149 cm³/mol. The van der Waals surface area contributed by atoms with E-state index in [0.717, 1.165) is 24.2 Å². The van der Waals surface area contributed by atoms with Crippen molar-refractivity contribution in [3.8, 4) is 5.75 Å². The number of rotatable bonds is 8. The van der Waals surface area contributed by atoms with Gasteiger partial charge >= 0.3 is 0 Å². The molecule has 196 valence electrons. The fourth-order valence-electron chi connectivity index (χ4n) is 4.38. The number of halogens is 2. The molecule has 3 aromatic carbocycles. The highest BCUT2D eigenvalue weighted by Gasteiger charge is 2.22. The van der Waals surface area contributed by atoms with Gasteiger partial charge in [-0.05, 0) is 59.7 Å². The van der Waals surface area contributed by atoms with Crippen molar-refractivity contribution < 1.29 is 14.3 Å². The van der Waals surface area contributed by atoms with E-state index in [9.17, 15) is 9.59 Å². The van der Waals surface area contributed by atoms with E-state index in [4.69, 9.17) is 32.7 Å². The highest BCUT2D eigenvalue weighted by Crippen LogP contribution is 2.19. The molecular formula is C29H27Cl2N3O4. The summed E-state index contributed by atoms with van der Waals surface area (Å²) in [6.45, 7) is 3.99. The maximum absolute atomic E-state index is 13.7. The number of hydrogen-bond donors (Lipinski definition) is 1. The molecule has 0 unspecified atom stereocenters. The van der Waals surface area contributed by atoms with E-state index >= 15 is 0 Å². The number of H-pyrrole nitrogens is 1. The van der Waals surface area contributed by atoms with Gasteiger partial charge in [-0.25, -0.2) is 0 Å². The van der Waals surface area contributed by atoms with Crippen LogP contribution in [0.5, 0.6) is 5.75 Å². The van der Waals surface area contributed by atoms with Crippen LogP contribution in [0.2, 0.25) is 10.0 Å². The third kappa shape index (κ3) is 6.37. The molecule has 0 radical (unpaired) electrons. The number of carbonyl (C=O) groups is 1. The summed E-state index contributed by atoms with van der Waals surface area (Å²) in [4.78, 5) is 34.2. The standard InChI is InChI=1S/C29H27Cl2N3O4/c30-22-4-1-20(2-5-22)18-34(19-38-24-8-6-23(31)7-9-24)29(36)26-16-32-27-10-3-21(15-25(27)28(26)35)17-33-11-13-37-14-12-33/h1-10,15-16H,11-14,17-19H2,(H,32,35). The van der Waals surface area contributed by atoms with Crippen molar-refractivity contribution in [2.75, 3.05) is 33.0 Å². The number of ether oxygens (including phenoxy) is 2. The van der Waals surface area contributed by atoms with E-state index < -0.39 is 5.91 Å². The van der Waals surface area contributed by atoms with Crippen LogP contribution >= 0.6 is 23.2 Å². The van der Waals surface area contributed by atoms with Crippen molar-refractivity contribution in [2.24, 2.45) is 0 Å². The molecule has 0 saturated carbocycles. The van der Waals surface area contributed by atoms with Crippen LogP contribution in [-0.2, 0) is 17.8 Å². The Morgan fingerprint density at radius 3 is 2.32 bits per heavy atom. The van der Waals surface area contributed by atoms with Crippen molar-refractivity contribution in [3.63, 3.8) is 0 Å². The summed E-state index contributed by atoms with van der Waals surface area (Å²) in [5.74, 6) is 0.124. The van der Waals surface area contributed by atoms with E-state index in [1.807, 2.05) is 30.3 Å². The normalized spacial score (nSPS) is 13.9. The molecule has 1 aliphatic rings. The lowest BCUT2D eigenvalue weighted by Crippen LogP contribution is -2.37. The van der Waals surface area contributed by atoms with Gasteiger partial charge in [-0.1, -0.05) is 41.4 Å². The Morgan fingerprint density at radius 2 is 1.61 bits per heavy atom. The first-order valence-electron chi connectivity index (χ1n) is 12.3. The van der Waals surface area contributed by atoms with Gasteiger partial charge in [0, 0.05) is 53.3 Å². The quantitative estimate of drug-likeness (QED) is 0.299. The first kappa shape index (κ1) is 26.3. The van der Waals surface area contributed by atoms with Crippen molar-refractivity contribution in [1.82, 2.24) is 14.8 Å². The van der Waals surface area contributed by atoms with Gasteiger partial charge in [0.15, 0.2) is 6.73 Å². The van der Waals surface area contributed by atoms with E-state index in [1.54, 1.807) is 36.4 Å². The van der Waals surface area contributed by atoms with Crippen molar-refractivity contribution in [1.29, 1.82) is 0 Å². The van der Waals surface area contributed by atoms with Crippen molar-refractivity contribution in [2.45, 2.75) is 13.1 Å². The van der Waals surface area contributed by atoms with Crippen LogP contribution in [0.25, 0.3) is 10.9 Å². The zero-order valence-electron chi connectivity index (χ0n) is 20.7. The fourth-order valence-corrected chi connectivity index (χ4v) is 4.63. The number of amides is 1. The van der Waals surface area contributed by atoms with Crippen LogP contribution in [0.1, 0.15) is 21.5 Å². The smallest absolute Gasteiger partial charge is 0.262 e. The van der Waals surface area contributed by atoms with Crippen LogP contribution in [0.15, 0.2) is 77.7 Å². The van der Waals surface area contributed by atoms with Crippen molar-refractivity contribution in [3.05, 3.63) is 110 Å². The minimum atomic E-state index is -0.435. The molecule has 9 heteroatoms. The molecule has 4 aromatic rings. The lowest BCUT2D eigenvalue weighted by molar-refractivity contribution is 0.0342. The second-order valence-electron chi connectivity index (χ2n) is 9.16. The molecular weight excluding hydrogens is 525 g/mol. The van der Waals surface area contributed by atoms with E-state index in [0.29, 0.717) is 46.5 Å². The maximum atomic E-state index is 13.7. The third-order valence-electron chi connectivity index (χ3n) is 6.46. The minimum absolute atomic E-state index is 0.0506. The summed E-state index contributed by atoms with van der Waals surface area (Å²) in [5.41, 5.74) is 2.28. The summed E-state index contributed by atoms with van der Waals surface area (Å²) in [5, 5.41) is 1.66. The number of hydrogen-bond acceptors (Lipinski definition) is 5. The molecule has 1 amide bonds. The summed E-state index contributed by atoms with van der Waals surface area (Å²) in [6.07, 6.45) is 1.48. The van der Waals surface area contributed by atoms with Gasteiger partial charge in [0.2, 0.25) is 5.43 Å². The highest BCUT2D eigenvalue weighted by molar-refractivity contribution is 6.30. The lowest BCUT2D eigenvalue weighted by atomic mass is 10.1. The number of aromatic nitrogens is 1. The molecule has 1 N–H and O–H groups in total. The van der Waals surface area contributed by atoms with Gasteiger partial charge in [-0.15, -0.1) is 0 Å². The highest BCUT2D eigenvalue weighted by atomic mass is 35.5. The molecule has 0 atom stereocenters. The first-order valence-corrected chi connectivity index (χ1v) is 13.1. The average Bonchev–Trinajstić information content (AvgIpc) is 2.94. The molecule has 0 spiro atoms. The van der Waals surface area contributed by atoms with Crippen LogP contribution in [0.3, 0.4) is 0 Å². The van der Waals surface area contributed by atoms with Gasteiger partial charge in [-0.2, -0.15) is 0 Å². The maximum Gasteiger partial charge on any atom is 0.262 e. The Balaban J connectivity index is 1.42. The molecule has 7 nitrogen and oxygen atoms in total. The van der Waals surface area contributed by atoms with E-state index in [-0.39, 0.29) is 24.3 Å². The molecule has 5 rings (SSSR count). The number of nitrogens with zero attached hydrogens (tertiary/aromatic N) is 2. The largest absolute Gasteiger partial charge is 0.473 e. The lowest BCUT2D eigenvalue weighted by Gasteiger charge is -2.26. The second-order valence-corrected chi connectivity index (χ2v) is 10.0. The Hall–Kier alpha value is -3.36. The zero-order valence-corrected chi connectivity index (χ0v) is 22.2. The van der Waals surface area contributed by atoms with Crippen LogP contribution < -0.4 is 10.2 Å². The predicted octanol–water partition coefficient (Wildman–Crippen LogP) is 5.35. The van der Waals surface area contributed by atoms with Crippen LogP contribution in [0, 0.1) is 0 Å². The SMILES string of the molecule is O=C(c1c[nH]c2ccc(CN3CCOCC3)cc2c1=O)N(COc1ccc(Cl)cc1)Cc1ccc(Cl)cc1. The van der Waals surface area contributed by atoms with Crippen LogP contribution in [0.4, 0.5) is 0 Å².